The summed E-state index contributed by atoms with van der Waals surface area (Å²) in [5.41, 5.74) is 2.72. The highest BCUT2D eigenvalue weighted by Gasteiger charge is 2.31. The number of fused-ring (bicyclic) bond motifs is 2. The summed E-state index contributed by atoms with van der Waals surface area (Å²) >= 11 is 0. The Hall–Kier alpha value is -1.55. The van der Waals surface area contributed by atoms with Gasteiger partial charge in [0, 0.05) is 17.8 Å². The van der Waals surface area contributed by atoms with Crippen LogP contribution >= 0.6 is 0 Å². The number of carbonyl (C=O) groups excluding carboxylic acids is 1. The lowest BCUT2D eigenvalue weighted by atomic mass is 10.1. The van der Waals surface area contributed by atoms with Crippen LogP contribution in [0.1, 0.15) is 24.2 Å². The molecular formula is C12H13NO3. The molecule has 2 aliphatic rings. The molecule has 1 amide bonds. The molecule has 1 unspecified atom stereocenters. The summed E-state index contributed by atoms with van der Waals surface area (Å²) < 4.78 is 5.36. The first-order chi connectivity index (χ1) is 7.70. The van der Waals surface area contributed by atoms with Crippen molar-refractivity contribution < 1.29 is 14.6 Å². The fourth-order valence-electron chi connectivity index (χ4n) is 2.40. The first-order valence-electron chi connectivity index (χ1n) is 5.48. The van der Waals surface area contributed by atoms with Gasteiger partial charge in [-0.3, -0.25) is 4.79 Å². The average molecular weight is 219 g/mol. The number of aliphatic hydroxyl groups excluding tert-OH is 1. The zero-order valence-electron chi connectivity index (χ0n) is 9.06. The summed E-state index contributed by atoms with van der Waals surface area (Å²) in [5, 5.41) is 9.71. The highest BCUT2D eigenvalue weighted by atomic mass is 16.5. The molecule has 4 heteroatoms. The SMILES string of the molecule is CCN1C(=O)Cc2cc3c(cc21)C(O)CO3. The molecule has 2 aliphatic heterocycles. The summed E-state index contributed by atoms with van der Waals surface area (Å²) in [5.74, 6) is 0.840. The van der Waals surface area contributed by atoms with Gasteiger partial charge in [0.1, 0.15) is 18.5 Å². The van der Waals surface area contributed by atoms with E-state index in [0.717, 1.165) is 22.6 Å². The quantitative estimate of drug-likeness (QED) is 0.767. The van der Waals surface area contributed by atoms with Crippen LogP contribution in [0, 0.1) is 0 Å². The molecule has 1 atom stereocenters. The zero-order valence-corrected chi connectivity index (χ0v) is 9.06. The van der Waals surface area contributed by atoms with E-state index in [-0.39, 0.29) is 5.91 Å². The van der Waals surface area contributed by atoms with E-state index in [2.05, 4.69) is 0 Å². The van der Waals surface area contributed by atoms with Gasteiger partial charge in [-0.1, -0.05) is 0 Å². The Kier molecular flexibility index (Phi) is 1.94. The maximum absolute atomic E-state index is 11.7. The van der Waals surface area contributed by atoms with Gasteiger partial charge in [-0.15, -0.1) is 0 Å². The summed E-state index contributed by atoms with van der Waals surface area (Å²) in [6, 6.07) is 3.77. The van der Waals surface area contributed by atoms with Crippen molar-refractivity contribution in [3.8, 4) is 5.75 Å². The van der Waals surface area contributed by atoms with Gasteiger partial charge in [0.2, 0.25) is 5.91 Å². The molecular weight excluding hydrogens is 206 g/mol. The Morgan fingerprint density at radius 2 is 2.38 bits per heavy atom. The summed E-state index contributed by atoms with van der Waals surface area (Å²) in [4.78, 5) is 13.4. The van der Waals surface area contributed by atoms with Crippen molar-refractivity contribution in [3.63, 3.8) is 0 Å². The van der Waals surface area contributed by atoms with Gasteiger partial charge >= 0.3 is 0 Å². The van der Waals surface area contributed by atoms with Crippen LogP contribution in [0.25, 0.3) is 0 Å². The molecule has 3 rings (SSSR count). The standard InChI is InChI=1S/C12H13NO3/c1-2-13-9-5-8-10(14)6-16-11(8)3-7(9)4-12(13)15/h3,5,10,14H,2,4,6H2,1H3. The van der Waals surface area contributed by atoms with Crippen LogP contribution in [0.5, 0.6) is 5.75 Å². The topological polar surface area (TPSA) is 49.8 Å². The number of amides is 1. The van der Waals surface area contributed by atoms with Crippen LogP contribution in [0.15, 0.2) is 12.1 Å². The lowest BCUT2D eigenvalue weighted by Crippen LogP contribution is -2.25. The van der Waals surface area contributed by atoms with Crippen molar-refractivity contribution in [1.29, 1.82) is 0 Å². The maximum Gasteiger partial charge on any atom is 0.231 e. The molecule has 84 valence electrons. The van der Waals surface area contributed by atoms with Gasteiger partial charge in [-0.2, -0.15) is 0 Å². The second-order valence-electron chi connectivity index (χ2n) is 4.16. The molecule has 1 aromatic carbocycles. The van der Waals surface area contributed by atoms with Crippen molar-refractivity contribution in [2.24, 2.45) is 0 Å². The number of ether oxygens (including phenoxy) is 1. The highest BCUT2D eigenvalue weighted by Crippen LogP contribution is 2.40. The van der Waals surface area contributed by atoms with Crippen molar-refractivity contribution in [3.05, 3.63) is 23.3 Å². The van der Waals surface area contributed by atoms with Gasteiger partial charge < -0.3 is 14.7 Å². The predicted octanol–water partition coefficient (Wildman–Crippen LogP) is 1.02. The van der Waals surface area contributed by atoms with Crippen molar-refractivity contribution in [1.82, 2.24) is 0 Å². The third-order valence-electron chi connectivity index (χ3n) is 3.22. The van der Waals surface area contributed by atoms with Gasteiger partial charge in [-0.05, 0) is 24.6 Å². The van der Waals surface area contributed by atoms with E-state index >= 15 is 0 Å². The van der Waals surface area contributed by atoms with E-state index in [4.69, 9.17) is 4.74 Å². The second-order valence-corrected chi connectivity index (χ2v) is 4.16. The van der Waals surface area contributed by atoms with Gasteiger partial charge in [0.05, 0.1) is 6.42 Å². The Labute approximate surface area is 93.4 Å². The third-order valence-corrected chi connectivity index (χ3v) is 3.22. The largest absolute Gasteiger partial charge is 0.490 e. The van der Waals surface area contributed by atoms with Crippen LogP contribution in [0.2, 0.25) is 0 Å². The summed E-state index contributed by atoms with van der Waals surface area (Å²) in [6.07, 6.45) is -0.120. The van der Waals surface area contributed by atoms with Crippen LogP contribution in [0.3, 0.4) is 0 Å². The Morgan fingerprint density at radius 1 is 1.56 bits per heavy atom. The van der Waals surface area contributed by atoms with Crippen LogP contribution in [0.4, 0.5) is 5.69 Å². The van der Waals surface area contributed by atoms with Gasteiger partial charge in [0.25, 0.3) is 0 Å². The zero-order chi connectivity index (χ0) is 11.3. The molecule has 2 heterocycles. The maximum atomic E-state index is 11.7. The first-order valence-corrected chi connectivity index (χ1v) is 5.48. The number of anilines is 1. The molecule has 1 N–H and O–H groups in total. The third kappa shape index (κ3) is 1.16. The minimum atomic E-state index is -0.560. The van der Waals surface area contributed by atoms with E-state index in [9.17, 15) is 9.90 Å². The smallest absolute Gasteiger partial charge is 0.231 e. The van der Waals surface area contributed by atoms with E-state index in [0.29, 0.717) is 19.6 Å². The number of rotatable bonds is 1. The fourth-order valence-corrected chi connectivity index (χ4v) is 2.40. The Bertz CT molecular complexity index is 470. The number of hydrogen-bond acceptors (Lipinski definition) is 3. The molecule has 0 saturated carbocycles. The molecule has 0 radical (unpaired) electrons. The monoisotopic (exact) mass is 219 g/mol. The van der Waals surface area contributed by atoms with Crippen LogP contribution in [-0.4, -0.2) is 24.2 Å². The predicted molar refractivity (Wildman–Crippen MR) is 58.6 cm³/mol. The lowest BCUT2D eigenvalue weighted by molar-refractivity contribution is -0.117. The molecule has 0 aromatic heterocycles. The van der Waals surface area contributed by atoms with Crippen LogP contribution in [-0.2, 0) is 11.2 Å². The van der Waals surface area contributed by atoms with Crippen molar-refractivity contribution >= 4 is 11.6 Å². The number of benzene rings is 1. The minimum absolute atomic E-state index is 0.121. The van der Waals surface area contributed by atoms with Crippen LogP contribution < -0.4 is 9.64 Å². The molecule has 0 bridgehead atoms. The molecule has 0 fully saturated rings. The van der Waals surface area contributed by atoms with E-state index in [1.54, 1.807) is 4.90 Å². The average Bonchev–Trinajstić information content (AvgIpc) is 2.76. The van der Waals surface area contributed by atoms with Crippen molar-refractivity contribution in [2.75, 3.05) is 18.1 Å². The van der Waals surface area contributed by atoms with E-state index < -0.39 is 6.10 Å². The van der Waals surface area contributed by atoms with Crippen molar-refractivity contribution in [2.45, 2.75) is 19.4 Å². The number of likely N-dealkylation sites (N-methyl/N-ethyl adjacent to an activating group) is 1. The molecule has 16 heavy (non-hydrogen) atoms. The number of carbonyl (C=O) groups is 1. The molecule has 4 nitrogen and oxygen atoms in total. The number of nitrogens with zero attached hydrogens (tertiary/aromatic N) is 1. The molecule has 0 spiro atoms. The van der Waals surface area contributed by atoms with Gasteiger partial charge in [-0.25, -0.2) is 0 Å². The van der Waals surface area contributed by atoms with Gasteiger partial charge in [0.15, 0.2) is 0 Å². The Balaban J connectivity index is 2.13. The molecule has 0 aliphatic carbocycles. The minimum Gasteiger partial charge on any atom is -0.490 e. The molecule has 0 saturated heterocycles. The number of aliphatic hydroxyl groups is 1. The van der Waals surface area contributed by atoms with E-state index in [1.165, 1.54) is 0 Å². The first kappa shape index (κ1) is 9.66. The summed E-state index contributed by atoms with van der Waals surface area (Å²) in [6.45, 7) is 2.94. The Morgan fingerprint density at radius 3 is 3.12 bits per heavy atom. The fraction of sp³-hybridized carbons (Fsp3) is 0.417. The molecule has 1 aromatic rings. The summed E-state index contributed by atoms with van der Waals surface area (Å²) in [7, 11) is 0. The second kappa shape index (κ2) is 3.22. The number of hydrogen-bond donors (Lipinski definition) is 1. The van der Waals surface area contributed by atoms with E-state index in [1.807, 2.05) is 19.1 Å². The lowest BCUT2D eigenvalue weighted by Gasteiger charge is -2.15. The highest BCUT2D eigenvalue weighted by molar-refractivity contribution is 6.01. The normalized spacial score (nSPS) is 22.0.